The highest BCUT2D eigenvalue weighted by Gasteiger charge is 2.21. The van der Waals surface area contributed by atoms with E-state index in [1.807, 2.05) is 24.7 Å². The van der Waals surface area contributed by atoms with E-state index in [1.54, 1.807) is 0 Å². The Morgan fingerprint density at radius 3 is 2.45 bits per heavy atom. The van der Waals surface area contributed by atoms with E-state index < -0.39 is 0 Å². The summed E-state index contributed by atoms with van der Waals surface area (Å²) in [7, 11) is 1.93. The predicted molar refractivity (Wildman–Crippen MR) is 81.6 cm³/mol. The zero-order chi connectivity index (χ0) is 14.7. The molecule has 0 unspecified atom stereocenters. The second kappa shape index (κ2) is 6.09. The molecule has 0 fully saturated rings. The first-order valence-electron chi connectivity index (χ1n) is 6.98. The summed E-state index contributed by atoms with van der Waals surface area (Å²) in [5.41, 5.74) is 3.06. The van der Waals surface area contributed by atoms with Crippen LogP contribution in [-0.4, -0.2) is 20.9 Å². The van der Waals surface area contributed by atoms with Gasteiger partial charge in [-0.3, -0.25) is 4.68 Å². The number of nitrogens with zero attached hydrogens (tertiary/aromatic N) is 3. The molecule has 0 atom stereocenters. The molecule has 1 heterocycles. The molecular formula is C16H23N3O. The van der Waals surface area contributed by atoms with Crippen LogP contribution in [0.2, 0.25) is 0 Å². The first-order valence-corrected chi connectivity index (χ1v) is 6.98. The topological polar surface area (TPSA) is 41.3 Å². The van der Waals surface area contributed by atoms with Crippen molar-refractivity contribution in [1.82, 2.24) is 9.78 Å². The molecule has 1 aromatic heterocycles. The molecule has 0 saturated carbocycles. The third-order valence-electron chi connectivity index (χ3n) is 3.56. The van der Waals surface area contributed by atoms with Gasteiger partial charge in [0, 0.05) is 25.2 Å². The van der Waals surface area contributed by atoms with Crippen LogP contribution in [0.5, 0.6) is 0 Å². The van der Waals surface area contributed by atoms with E-state index in [4.69, 9.17) is 0 Å². The van der Waals surface area contributed by atoms with Gasteiger partial charge >= 0.3 is 0 Å². The van der Waals surface area contributed by atoms with Gasteiger partial charge in [-0.15, -0.1) is 0 Å². The molecule has 4 heteroatoms. The maximum atomic E-state index is 9.63. The number of rotatable bonds is 5. The zero-order valence-corrected chi connectivity index (χ0v) is 12.7. The molecule has 0 saturated heterocycles. The largest absolute Gasteiger partial charge is 0.391 e. The number of aryl methyl sites for hydroxylation is 2. The van der Waals surface area contributed by atoms with Crippen molar-refractivity contribution in [3.05, 3.63) is 47.2 Å². The van der Waals surface area contributed by atoms with E-state index in [2.05, 4.69) is 48.1 Å². The minimum atomic E-state index is 0.0208. The summed E-state index contributed by atoms with van der Waals surface area (Å²) in [5.74, 6) is 1.00. The fourth-order valence-corrected chi connectivity index (χ4v) is 2.52. The number of aromatic nitrogens is 2. The molecule has 2 aromatic rings. The number of aliphatic hydroxyl groups excluding tert-OH is 1. The Morgan fingerprint density at radius 1 is 1.25 bits per heavy atom. The van der Waals surface area contributed by atoms with Crippen LogP contribution in [0.4, 0.5) is 5.82 Å². The molecule has 0 bridgehead atoms. The van der Waals surface area contributed by atoms with Crippen LogP contribution in [0, 0.1) is 6.92 Å². The number of anilines is 1. The van der Waals surface area contributed by atoms with Crippen molar-refractivity contribution in [2.75, 3.05) is 4.90 Å². The monoisotopic (exact) mass is 273 g/mol. The summed E-state index contributed by atoms with van der Waals surface area (Å²) in [6.07, 6.45) is 0. The van der Waals surface area contributed by atoms with Gasteiger partial charge in [-0.25, -0.2) is 0 Å². The standard InChI is InChI=1S/C16H23N3O/c1-12(2)19(10-14-8-6-5-7-9-14)16-15(11-20)13(3)17-18(16)4/h5-9,12,20H,10-11H2,1-4H3. The molecule has 0 aliphatic rings. The third kappa shape index (κ3) is 2.85. The van der Waals surface area contributed by atoms with Crippen molar-refractivity contribution in [3.8, 4) is 0 Å². The van der Waals surface area contributed by atoms with Crippen molar-refractivity contribution in [1.29, 1.82) is 0 Å². The maximum absolute atomic E-state index is 9.63. The molecular weight excluding hydrogens is 250 g/mol. The van der Waals surface area contributed by atoms with Crippen LogP contribution in [0.15, 0.2) is 30.3 Å². The molecule has 1 aromatic carbocycles. The molecule has 2 rings (SSSR count). The van der Waals surface area contributed by atoms with Gasteiger partial charge in [0.05, 0.1) is 12.3 Å². The Kier molecular flexibility index (Phi) is 4.45. The van der Waals surface area contributed by atoms with Gasteiger partial charge in [-0.1, -0.05) is 30.3 Å². The molecule has 0 amide bonds. The van der Waals surface area contributed by atoms with Crippen LogP contribution in [-0.2, 0) is 20.2 Å². The van der Waals surface area contributed by atoms with Gasteiger partial charge in [0.25, 0.3) is 0 Å². The molecule has 0 aliphatic heterocycles. The molecule has 0 radical (unpaired) electrons. The Hall–Kier alpha value is -1.81. The smallest absolute Gasteiger partial charge is 0.132 e. The molecule has 1 N–H and O–H groups in total. The van der Waals surface area contributed by atoms with Gasteiger partial charge in [-0.05, 0) is 26.3 Å². The van der Waals surface area contributed by atoms with E-state index in [1.165, 1.54) is 5.56 Å². The normalized spacial score (nSPS) is 11.1. The lowest BCUT2D eigenvalue weighted by Gasteiger charge is -2.30. The van der Waals surface area contributed by atoms with Gasteiger partial charge in [-0.2, -0.15) is 5.10 Å². The summed E-state index contributed by atoms with van der Waals surface area (Å²) in [4.78, 5) is 2.28. The Morgan fingerprint density at radius 2 is 1.90 bits per heavy atom. The molecule has 4 nitrogen and oxygen atoms in total. The first-order chi connectivity index (χ1) is 9.54. The minimum absolute atomic E-state index is 0.0208. The number of hydrogen-bond acceptors (Lipinski definition) is 3. The fourth-order valence-electron chi connectivity index (χ4n) is 2.52. The van der Waals surface area contributed by atoms with E-state index >= 15 is 0 Å². The second-order valence-corrected chi connectivity index (χ2v) is 5.38. The van der Waals surface area contributed by atoms with Crippen LogP contribution in [0.1, 0.15) is 30.7 Å². The summed E-state index contributed by atoms with van der Waals surface area (Å²) >= 11 is 0. The maximum Gasteiger partial charge on any atom is 0.132 e. The molecule has 0 aliphatic carbocycles. The Balaban J connectivity index is 2.39. The number of aliphatic hydroxyl groups is 1. The van der Waals surface area contributed by atoms with Gasteiger partial charge in [0.15, 0.2) is 0 Å². The van der Waals surface area contributed by atoms with Crippen LogP contribution in [0.3, 0.4) is 0 Å². The van der Waals surface area contributed by atoms with Gasteiger partial charge in [0.1, 0.15) is 5.82 Å². The number of hydrogen-bond donors (Lipinski definition) is 1. The van der Waals surface area contributed by atoms with Crippen LogP contribution >= 0.6 is 0 Å². The van der Waals surface area contributed by atoms with E-state index in [9.17, 15) is 5.11 Å². The highest BCUT2D eigenvalue weighted by Crippen LogP contribution is 2.26. The average Bonchev–Trinajstić information content (AvgIpc) is 2.70. The summed E-state index contributed by atoms with van der Waals surface area (Å²) in [6.45, 7) is 7.09. The predicted octanol–water partition coefficient (Wildman–Crippen LogP) is 2.64. The minimum Gasteiger partial charge on any atom is -0.391 e. The van der Waals surface area contributed by atoms with E-state index in [0.29, 0.717) is 6.04 Å². The quantitative estimate of drug-likeness (QED) is 0.910. The molecule has 20 heavy (non-hydrogen) atoms. The lowest BCUT2D eigenvalue weighted by molar-refractivity contribution is 0.281. The molecule has 108 valence electrons. The highest BCUT2D eigenvalue weighted by molar-refractivity contribution is 5.51. The van der Waals surface area contributed by atoms with E-state index in [0.717, 1.165) is 23.6 Å². The second-order valence-electron chi connectivity index (χ2n) is 5.38. The average molecular weight is 273 g/mol. The fraction of sp³-hybridized carbons (Fsp3) is 0.438. The van der Waals surface area contributed by atoms with Crippen LogP contribution < -0.4 is 4.90 Å². The van der Waals surface area contributed by atoms with Gasteiger partial charge < -0.3 is 10.0 Å². The molecule has 0 spiro atoms. The van der Waals surface area contributed by atoms with E-state index in [-0.39, 0.29) is 6.61 Å². The van der Waals surface area contributed by atoms with Crippen molar-refractivity contribution in [2.24, 2.45) is 7.05 Å². The lowest BCUT2D eigenvalue weighted by Crippen LogP contribution is -2.32. The van der Waals surface area contributed by atoms with Crippen molar-refractivity contribution < 1.29 is 5.11 Å². The summed E-state index contributed by atoms with van der Waals surface area (Å²) in [6, 6.07) is 10.7. The lowest BCUT2D eigenvalue weighted by atomic mass is 10.1. The van der Waals surface area contributed by atoms with Crippen molar-refractivity contribution in [3.63, 3.8) is 0 Å². The first kappa shape index (κ1) is 14.6. The Bertz CT molecular complexity index is 561. The third-order valence-corrected chi connectivity index (χ3v) is 3.56. The zero-order valence-electron chi connectivity index (χ0n) is 12.7. The Labute approximate surface area is 120 Å². The number of benzene rings is 1. The van der Waals surface area contributed by atoms with Crippen LogP contribution in [0.25, 0.3) is 0 Å². The summed E-state index contributed by atoms with van der Waals surface area (Å²) in [5, 5.41) is 14.1. The SMILES string of the molecule is Cc1nn(C)c(N(Cc2ccccc2)C(C)C)c1CO. The van der Waals surface area contributed by atoms with Crippen molar-refractivity contribution in [2.45, 2.75) is 40.0 Å². The summed E-state index contributed by atoms with van der Waals surface area (Å²) < 4.78 is 1.86. The van der Waals surface area contributed by atoms with Crippen molar-refractivity contribution >= 4 is 5.82 Å². The highest BCUT2D eigenvalue weighted by atomic mass is 16.3. The van der Waals surface area contributed by atoms with Gasteiger partial charge in [0.2, 0.25) is 0 Å².